The molecule has 0 atom stereocenters. The van der Waals surface area contributed by atoms with Gasteiger partial charge in [-0.25, -0.2) is 4.79 Å². The van der Waals surface area contributed by atoms with Crippen LogP contribution in [0.2, 0.25) is 0 Å². The lowest BCUT2D eigenvalue weighted by Gasteiger charge is -2.01. The van der Waals surface area contributed by atoms with Crippen molar-refractivity contribution in [3.63, 3.8) is 0 Å². The molecule has 91 valence electrons. The third-order valence-electron chi connectivity index (χ3n) is 2.55. The minimum atomic E-state index is 0.197. The average Bonchev–Trinajstić information content (AvgIpc) is 2.38. The Morgan fingerprint density at radius 2 is 1.76 bits per heavy atom. The van der Waals surface area contributed by atoms with E-state index < -0.39 is 0 Å². The van der Waals surface area contributed by atoms with Crippen LogP contribution in [0.15, 0.2) is 30.3 Å². The number of Topliss-reactive ketones (excluding diaryl/α,β-unsaturated/α-hetero) is 1. The van der Waals surface area contributed by atoms with E-state index in [4.69, 9.17) is 0 Å². The van der Waals surface area contributed by atoms with E-state index in [2.05, 4.69) is 4.74 Å². The van der Waals surface area contributed by atoms with E-state index in [1.165, 1.54) is 6.47 Å². The molecular weight excluding hydrogens is 216 g/mol. The fraction of sp³-hybridized carbons (Fsp3) is 0.429. The summed E-state index contributed by atoms with van der Waals surface area (Å²) in [6, 6.07) is 9.34. The summed E-state index contributed by atoms with van der Waals surface area (Å²) in [7, 11) is 0. The van der Waals surface area contributed by atoms with Crippen LogP contribution >= 0.6 is 0 Å². The van der Waals surface area contributed by atoms with Crippen molar-refractivity contribution in [2.45, 2.75) is 32.1 Å². The fourth-order valence-electron chi connectivity index (χ4n) is 1.62. The van der Waals surface area contributed by atoms with Crippen LogP contribution in [0.5, 0.6) is 0 Å². The molecule has 0 aliphatic heterocycles. The summed E-state index contributed by atoms with van der Waals surface area (Å²) in [4.78, 5) is 21.5. The summed E-state index contributed by atoms with van der Waals surface area (Å²) in [5.74, 6) is 0.197. The zero-order valence-electron chi connectivity index (χ0n) is 9.85. The zero-order chi connectivity index (χ0) is 12.3. The number of hydrogen-bond donors (Lipinski definition) is 0. The number of carbonyl (C=O) groups excluding carboxylic acids is 2. The lowest BCUT2D eigenvalue weighted by molar-refractivity contribution is 0.0979. The van der Waals surface area contributed by atoms with Gasteiger partial charge in [-0.1, -0.05) is 43.2 Å². The maximum atomic E-state index is 11.7. The fourth-order valence-corrected chi connectivity index (χ4v) is 1.62. The number of ether oxygens (including phenoxy) is 1. The summed E-state index contributed by atoms with van der Waals surface area (Å²) < 4.78 is 4.46. The number of carbonyl (C=O) groups is 1. The van der Waals surface area contributed by atoms with Gasteiger partial charge >= 0.3 is 6.47 Å². The molecule has 0 bridgehead atoms. The maximum absolute atomic E-state index is 11.7. The quantitative estimate of drug-likeness (QED) is 0.486. The van der Waals surface area contributed by atoms with Crippen LogP contribution in [0.25, 0.3) is 0 Å². The van der Waals surface area contributed by atoms with Crippen LogP contribution in [-0.4, -0.2) is 18.9 Å². The molecule has 1 rings (SSSR count). The van der Waals surface area contributed by atoms with E-state index >= 15 is 0 Å². The molecule has 17 heavy (non-hydrogen) atoms. The monoisotopic (exact) mass is 233 g/mol. The topological polar surface area (TPSA) is 43.4 Å². The Morgan fingerprint density at radius 3 is 2.47 bits per heavy atom. The lowest BCUT2D eigenvalue weighted by atomic mass is 10.0. The molecule has 1 radical (unpaired) electrons. The van der Waals surface area contributed by atoms with Gasteiger partial charge in [0.15, 0.2) is 5.78 Å². The van der Waals surface area contributed by atoms with Gasteiger partial charge < -0.3 is 4.74 Å². The van der Waals surface area contributed by atoms with E-state index in [1.54, 1.807) is 0 Å². The molecule has 0 unspecified atom stereocenters. The summed E-state index contributed by atoms with van der Waals surface area (Å²) in [6.07, 6.45) is 4.28. The van der Waals surface area contributed by atoms with E-state index in [0.29, 0.717) is 13.0 Å². The van der Waals surface area contributed by atoms with Crippen molar-refractivity contribution in [2.24, 2.45) is 0 Å². The molecule has 3 heteroatoms. The normalized spacial score (nSPS) is 9.88. The highest BCUT2D eigenvalue weighted by Gasteiger charge is 2.03. The van der Waals surface area contributed by atoms with Crippen LogP contribution < -0.4 is 0 Å². The standard InChI is InChI=1S/C14H17O3/c15-12-17-11-7-2-1-6-10-14(16)13-8-4-3-5-9-13/h3-5,8-9H,1-2,6-7,10-11H2. The summed E-state index contributed by atoms with van der Waals surface area (Å²) in [5, 5.41) is 0. The molecule has 0 saturated carbocycles. The van der Waals surface area contributed by atoms with Gasteiger partial charge in [-0.3, -0.25) is 4.79 Å². The molecule has 0 N–H and O–H groups in total. The van der Waals surface area contributed by atoms with Crippen LogP contribution in [0.4, 0.5) is 0 Å². The first kappa shape index (κ1) is 13.4. The van der Waals surface area contributed by atoms with Gasteiger partial charge in [0.05, 0.1) is 6.61 Å². The van der Waals surface area contributed by atoms with Crippen LogP contribution in [0.1, 0.15) is 42.5 Å². The van der Waals surface area contributed by atoms with Gasteiger partial charge in [0.1, 0.15) is 0 Å². The highest BCUT2D eigenvalue weighted by atomic mass is 16.5. The Balaban J connectivity index is 2.07. The number of hydrogen-bond acceptors (Lipinski definition) is 3. The second-order valence-corrected chi connectivity index (χ2v) is 3.89. The molecule has 3 nitrogen and oxygen atoms in total. The molecule has 1 aromatic rings. The lowest BCUT2D eigenvalue weighted by Crippen LogP contribution is -1.98. The van der Waals surface area contributed by atoms with Crippen molar-refractivity contribution in [1.29, 1.82) is 0 Å². The molecule has 0 aliphatic rings. The Hall–Kier alpha value is -1.64. The van der Waals surface area contributed by atoms with Crippen LogP contribution in [0.3, 0.4) is 0 Å². The molecule has 0 fully saturated rings. The number of ketones is 1. The first-order valence-corrected chi connectivity index (χ1v) is 5.92. The minimum Gasteiger partial charge on any atom is -0.457 e. The number of rotatable bonds is 9. The number of benzene rings is 1. The molecule has 0 aliphatic carbocycles. The first-order valence-electron chi connectivity index (χ1n) is 5.92. The van der Waals surface area contributed by atoms with Crippen molar-refractivity contribution >= 4 is 12.3 Å². The molecule has 0 saturated heterocycles. The Labute approximate surface area is 102 Å². The van der Waals surface area contributed by atoms with E-state index in [-0.39, 0.29) is 5.78 Å². The molecule has 1 aromatic carbocycles. The minimum absolute atomic E-state index is 0.197. The second kappa shape index (κ2) is 8.50. The van der Waals surface area contributed by atoms with Crippen LogP contribution in [0, 0.1) is 0 Å². The predicted octanol–water partition coefficient (Wildman–Crippen LogP) is 2.90. The highest BCUT2D eigenvalue weighted by Crippen LogP contribution is 2.08. The maximum Gasteiger partial charge on any atom is 0.417 e. The molecule has 0 aromatic heterocycles. The molecular formula is C14H17O3. The first-order chi connectivity index (χ1) is 8.34. The summed E-state index contributed by atoms with van der Waals surface area (Å²) in [5.41, 5.74) is 0.784. The van der Waals surface area contributed by atoms with Crippen molar-refractivity contribution in [3.8, 4) is 0 Å². The SMILES string of the molecule is O=[C]OCCCCCCC(=O)c1ccccc1. The largest absolute Gasteiger partial charge is 0.457 e. The van der Waals surface area contributed by atoms with E-state index in [0.717, 1.165) is 31.2 Å². The summed E-state index contributed by atoms with van der Waals surface area (Å²) >= 11 is 0. The van der Waals surface area contributed by atoms with Crippen molar-refractivity contribution < 1.29 is 14.3 Å². The average molecular weight is 233 g/mol. The van der Waals surface area contributed by atoms with Gasteiger partial charge in [-0.05, 0) is 12.8 Å². The Bertz CT molecular complexity index is 333. The molecule has 0 amide bonds. The van der Waals surface area contributed by atoms with Gasteiger partial charge in [0, 0.05) is 12.0 Å². The van der Waals surface area contributed by atoms with Gasteiger partial charge in [-0.2, -0.15) is 0 Å². The van der Waals surface area contributed by atoms with Crippen molar-refractivity contribution in [3.05, 3.63) is 35.9 Å². The number of unbranched alkanes of at least 4 members (excludes halogenated alkanes) is 3. The van der Waals surface area contributed by atoms with E-state index in [9.17, 15) is 9.59 Å². The second-order valence-electron chi connectivity index (χ2n) is 3.89. The third-order valence-corrected chi connectivity index (χ3v) is 2.55. The molecule has 0 spiro atoms. The Kier molecular flexibility index (Phi) is 6.72. The highest BCUT2D eigenvalue weighted by molar-refractivity contribution is 5.95. The van der Waals surface area contributed by atoms with Crippen molar-refractivity contribution in [1.82, 2.24) is 0 Å². The van der Waals surface area contributed by atoms with Crippen molar-refractivity contribution in [2.75, 3.05) is 6.61 Å². The smallest absolute Gasteiger partial charge is 0.417 e. The Morgan fingerprint density at radius 1 is 1.06 bits per heavy atom. The molecule has 0 heterocycles. The van der Waals surface area contributed by atoms with Gasteiger partial charge in [0.25, 0.3) is 0 Å². The van der Waals surface area contributed by atoms with Gasteiger partial charge in [-0.15, -0.1) is 0 Å². The van der Waals surface area contributed by atoms with Crippen LogP contribution in [-0.2, 0) is 9.53 Å². The zero-order valence-corrected chi connectivity index (χ0v) is 9.85. The van der Waals surface area contributed by atoms with Gasteiger partial charge in [0.2, 0.25) is 0 Å². The predicted molar refractivity (Wildman–Crippen MR) is 65.5 cm³/mol. The van der Waals surface area contributed by atoms with E-state index in [1.807, 2.05) is 30.3 Å². The third kappa shape index (κ3) is 5.85. The summed E-state index contributed by atoms with van der Waals surface area (Å²) in [6.45, 7) is 1.82.